The zero-order valence-electron chi connectivity index (χ0n) is 18.8. The Labute approximate surface area is 225 Å². The van der Waals surface area contributed by atoms with E-state index in [1.807, 2.05) is 38.1 Å². The molecule has 0 aromatic heterocycles. The molecule has 6 nitrogen and oxygen atoms in total. The number of carbonyl (C=O) groups is 2. The maximum Gasteiger partial charge on any atom is 0.266 e. The molecule has 0 bridgehead atoms. The Balaban J connectivity index is 1.81. The van der Waals surface area contributed by atoms with Crippen LogP contribution in [0.5, 0.6) is 5.75 Å². The van der Waals surface area contributed by atoms with Crippen LogP contribution >= 0.6 is 43.5 Å². The molecule has 0 aliphatic rings. The number of aryl methyl sites for hydroxylation is 2. The van der Waals surface area contributed by atoms with E-state index in [-0.39, 0.29) is 18.1 Å². The lowest BCUT2D eigenvalue weighted by molar-refractivity contribution is -0.118. The van der Waals surface area contributed by atoms with E-state index in [1.54, 1.807) is 36.4 Å². The fourth-order valence-electron chi connectivity index (χ4n) is 3.07. The highest BCUT2D eigenvalue weighted by atomic mass is 79.9. The van der Waals surface area contributed by atoms with Gasteiger partial charge in [0.2, 0.25) is 0 Å². The molecule has 0 radical (unpaired) electrons. The maximum absolute atomic E-state index is 12.7. The molecule has 3 aromatic rings. The van der Waals surface area contributed by atoms with Crippen molar-refractivity contribution < 1.29 is 14.3 Å². The van der Waals surface area contributed by atoms with Gasteiger partial charge in [0.1, 0.15) is 17.4 Å². The molecule has 0 aliphatic heterocycles. The van der Waals surface area contributed by atoms with Crippen LogP contribution in [0, 0.1) is 25.2 Å². The second-order valence-electron chi connectivity index (χ2n) is 7.59. The smallest absolute Gasteiger partial charge is 0.266 e. The summed E-state index contributed by atoms with van der Waals surface area (Å²) in [6, 6.07) is 17.7. The van der Waals surface area contributed by atoms with Gasteiger partial charge in [0.15, 0.2) is 6.61 Å². The number of amides is 2. The first-order chi connectivity index (χ1) is 16.7. The van der Waals surface area contributed by atoms with Gasteiger partial charge in [0, 0.05) is 26.4 Å². The van der Waals surface area contributed by atoms with E-state index in [0.29, 0.717) is 36.7 Å². The van der Waals surface area contributed by atoms with Crippen molar-refractivity contribution in [3.05, 3.63) is 90.8 Å². The Bertz CT molecular complexity index is 1350. The van der Waals surface area contributed by atoms with Crippen LogP contribution in [0.4, 0.5) is 11.4 Å². The fourth-order valence-corrected chi connectivity index (χ4v) is 4.57. The third-order valence-electron chi connectivity index (χ3n) is 4.82. The van der Waals surface area contributed by atoms with Gasteiger partial charge in [-0.15, -0.1) is 0 Å². The molecule has 0 heterocycles. The lowest BCUT2D eigenvalue weighted by Gasteiger charge is -2.14. The molecule has 0 spiro atoms. The maximum atomic E-state index is 12.7. The van der Waals surface area contributed by atoms with Crippen LogP contribution in [0.1, 0.15) is 16.7 Å². The number of nitrogens with zero attached hydrogens (tertiary/aromatic N) is 1. The van der Waals surface area contributed by atoms with Gasteiger partial charge in [-0.05, 0) is 89.4 Å². The van der Waals surface area contributed by atoms with Gasteiger partial charge in [0.05, 0.1) is 4.47 Å². The molecule has 0 saturated heterocycles. The van der Waals surface area contributed by atoms with Crippen molar-refractivity contribution >= 4 is 72.7 Å². The van der Waals surface area contributed by atoms with Gasteiger partial charge in [-0.25, -0.2) is 0 Å². The minimum Gasteiger partial charge on any atom is -0.482 e. The molecule has 35 heavy (non-hydrogen) atoms. The highest BCUT2D eigenvalue weighted by molar-refractivity contribution is 9.11. The summed E-state index contributed by atoms with van der Waals surface area (Å²) in [6.45, 7) is 3.58. The molecule has 0 saturated carbocycles. The molecule has 9 heteroatoms. The Morgan fingerprint density at radius 1 is 1.06 bits per heavy atom. The Kier molecular flexibility index (Phi) is 9.10. The predicted octanol–water partition coefficient (Wildman–Crippen LogP) is 7.05. The first-order valence-corrected chi connectivity index (χ1v) is 12.3. The Morgan fingerprint density at radius 2 is 1.77 bits per heavy atom. The summed E-state index contributed by atoms with van der Waals surface area (Å²) in [4.78, 5) is 25.2. The van der Waals surface area contributed by atoms with Gasteiger partial charge in [0.25, 0.3) is 11.8 Å². The monoisotopic (exact) mass is 615 g/mol. The SMILES string of the molecule is Cc1ccc(C)c(NC(=O)COc2c(Br)cc(Br)cc2/C=C(/C#N)C(=O)Nc2ccc(Cl)cc2)c1. The van der Waals surface area contributed by atoms with Crippen molar-refractivity contribution in [2.75, 3.05) is 17.2 Å². The Morgan fingerprint density at radius 3 is 2.46 bits per heavy atom. The number of anilines is 2. The average Bonchev–Trinajstić information content (AvgIpc) is 2.80. The van der Waals surface area contributed by atoms with Crippen molar-refractivity contribution in [3.8, 4) is 11.8 Å². The molecule has 178 valence electrons. The summed E-state index contributed by atoms with van der Waals surface area (Å²) in [6.07, 6.45) is 1.40. The number of rotatable bonds is 7. The summed E-state index contributed by atoms with van der Waals surface area (Å²) < 4.78 is 7.05. The number of nitrogens with one attached hydrogen (secondary N) is 2. The molecule has 0 unspecified atom stereocenters. The van der Waals surface area contributed by atoms with E-state index in [0.717, 1.165) is 11.1 Å². The van der Waals surface area contributed by atoms with E-state index in [4.69, 9.17) is 16.3 Å². The number of benzene rings is 3. The van der Waals surface area contributed by atoms with E-state index in [2.05, 4.69) is 42.5 Å². The highest BCUT2D eigenvalue weighted by Gasteiger charge is 2.16. The highest BCUT2D eigenvalue weighted by Crippen LogP contribution is 2.34. The second-order valence-corrected chi connectivity index (χ2v) is 9.80. The number of carbonyl (C=O) groups excluding carboxylic acids is 2. The molecule has 2 amide bonds. The first kappa shape index (κ1) is 26.5. The zero-order valence-corrected chi connectivity index (χ0v) is 22.7. The summed E-state index contributed by atoms with van der Waals surface area (Å²) in [5.74, 6) is -0.620. The van der Waals surface area contributed by atoms with Crippen molar-refractivity contribution in [2.45, 2.75) is 13.8 Å². The topological polar surface area (TPSA) is 91.2 Å². The minimum absolute atomic E-state index is 0.144. The molecule has 0 fully saturated rings. The molecule has 3 rings (SSSR count). The van der Waals surface area contributed by atoms with Gasteiger partial charge >= 0.3 is 0 Å². The average molecular weight is 618 g/mol. The van der Waals surface area contributed by atoms with E-state index < -0.39 is 5.91 Å². The van der Waals surface area contributed by atoms with E-state index in [9.17, 15) is 14.9 Å². The summed E-state index contributed by atoms with van der Waals surface area (Å²) in [5.41, 5.74) is 3.46. The van der Waals surface area contributed by atoms with Crippen molar-refractivity contribution in [3.63, 3.8) is 0 Å². The summed E-state index contributed by atoms with van der Waals surface area (Å²) in [5, 5.41) is 15.6. The van der Waals surface area contributed by atoms with Crippen molar-refractivity contribution in [1.29, 1.82) is 5.26 Å². The number of hydrogen-bond donors (Lipinski definition) is 2. The molecule has 0 atom stereocenters. The Hall–Kier alpha value is -3.12. The lowest BCUT2D eigenvalue weighted by atomic mass is 10.1. The van der Waals surface area contributed by atoms with Crippen LogP contribution in [0.2, 0.25) is 5.02 Å². The predicted molar refractivity (Wildman–Crippen MR) is 146 cm³/mol. The normalized spacial score (nSPS) is 10.9. The quantitative estimate of drug-likeness (QED) is 0.220. The third-order valence-corrected chi connectivity index (χ3v) is 6.12. The van der Waals surface area contributed by atoms with Crippen LogP contribution in [0.15, 0.2) is 69.1 Å². The van der Waals surface area contributed by atoms with Crippen LogP contribution < -0.4 is 15.4 Å². The standard InChI is InChI=1S/C26H20Br2ClN3O3/c1-15-3-4-16(2)23(9-15)32-24(33)14-35-25-17(11-19(27)12-22(25)28)10-18(13-30)26(34)31-21-7-5-20(29)6-8-21/h3-12H,14H2,1-2H3,(H,31,34)(H,32,33)/b18-10-. The summed E-state index contributed by atoms with van der Waals surface area (Å²) >= 11 is 12.7. The lowest BCUT2D eigenvalue weighted by Crippen LogP contribution is -2.21. The van der Waals surface area contributed by atoms with Gasteiger partial charge < -0.3 is 15.4 Å². The molecule has 2 N–H and O–H groups in total. The molecular weight excluding hydrogens is 598 g/mol. The van der Waals surface area contributed by atoms with Crippen LogP contribution in [0.25, 0.3) is 6.08 Å². The number of halogens is 3. The van der Waals surface area contributed by atoms with Gasteiger partial charge in [-0.3, -0.25) is 9.59 Å². The van der Waals surface area contributed by atoms with Gasteiger partial charge in [-0.1, -0.05) is 39.7 Å². The van der Waals surface area contributed by atoms with E-state index in [1.165, 1.54) is 6.08 Å². The molecular formula is C26H20Br2ClN3O3. The van der Waals surface area contributed by atoms with E-state index >= 15 is 0 Å². The zero-order chi connectivity index (χ0) is 25.5. The number of hydrogen-bond acceptors (Lipinski definition) is 4. The number of ether oxygens (including phenoxy) is 1. The van der Waals surface area contributed by atoms with Crippen LogP contribution in [-0.2, 0) is 9.59 Å². The van der Waals surface area contributed by atoms with Crippen LogP contribution in [-0.4, -0.2) is 18.4 Å². The van der Waals surface area contributed by atoms with Crippen molar-refractivity contribution in [1.82, 2.24) is 0 Å². The summed E-state index contributed by atoms with van der Waals surface area (Å²) in [7, 11) is 0. The molecule has 3 aromatic carbocycles. The second kappa shape index (κ2) is 12.0. The van der Waals surface area contributed by atoms with Gasteiger partial charge in [-0.2, -0.15) is 5.26 Å². The minimum atomic E-state index is -0.593. The first-order valence-electron chi connectivity index (χ1n) is 10.3. The van der Waals surface area contributed by atoms with Crippen molar-refractivity contribution in [2.24, 2.45) is 0 Å². The fraction of sp³-hybridized carbons (Fsp3) is 0.115. The molecule has 0 aliphatic carbocycles. The third kappa shape index (κ3) is 7.43. The van der Waals surface area contributed by atoms with Crippen LogP contribution in [0.3, 0.4) is 0 Å². The largest absolute Gasteiger partial charge is 0.482 e. The number of nitriles is 1.